The predicted octanol–water partition coefficient (Wildman–Crippen LogP) is 4.37. The van der Waals surface area contributed by atoms with E-state index in [-0.39, 0.29) is 11.8 Å². The Kier molecular flexibility index (Phi) is 4.31. The minimum Gasteiger partial charge on any atom is -0.487 e. The number of rotatable bonds is 4. The minimum atomic E-state index is -1.42. The normalized spacial score (nSPS) is 10.8. The molecule has 0 saturated heterocycles. The van der Waals surface area contributed by atoms with Crippen molar-refractivity contribution in [3.8, 4) is 16.9 Å². The molecule has 0 fully saturated rings. The fraction of sp³-hybridized carbons (Fsp3) is 0.188. The van der Waals surface area contributed by atoms with E-state index < -0.39 is 40.4 Å². The molecule has 2 nitrogen and oxygen atoms in total. The van der Waals surface area contributed by atoms with E-state index in [1.54, 1.807) is 32.0 Å². The van der Waals surface area contributed by atoms with Crippen molar-refractivity contribution in [1.29, 1.82) is 0 Å². The number of hydrogen-bond donors (Lipinski definition) is 0. The number of carbonyl (C=O) groups is 1. The maximum absolute atomic E-state index is 14.5. The van der Waals surface area contributed by atoms with Crippen molar-refractivity contribution in [1.82, 2.24) is 0 Å². The largest absolute Gasteiger partial charge is 0.487 e. The van der Waals surface area contributed by atoms with E-state index in [9.17, 15) is 18.0 Å². The quantitative estimate of drug-likeness (QED) is 0.618. The van der Waals surface area contributed by atoms with Gasteiger partial charge in [-0.3, -0.25) is 4.79 Å². The van der Waals surface area contributed by atoms with Crippen LogP contribution in [0, 0.1) is 17.5 Å². The van der Waals surface area contributed by atoms with Gasteiger partial charge in [-0.1, -0.05) is 30.3 Å². The number of carbonyl (C=O) groups excluding carboxylic acids is 1. The topological polar surface area (TPSA) is 26.3 Å². The van der Waals surface area contributed by atoms with Gasteiger partial charge in [-0.2, -0.15) is 0 Å². The lowest BCUT2D eigenvalue weighted by molar-refractivity contribution is 0.111. The van der Waals surface area contributed by atoms with Crippen LogP contribution in [0.2, 0.25) is 0 Å². The zero-order valence-electron chi connectivity index (χ0n) is 11.5. The van der Waals surface area contributed by atoms with Crippen molar-refractivity contribution in [3.05, 3.63) is 53.3 Å². The van der Waals surface area contributed by atoms with E-state index in [1.807, 2.05) is 0 Å². The summed E-state index contributed by atoms with van der Waals surface area (Å²) >= 11 is 0. The average Bonchev–Trinajstić information content (AvgIpc) is 2.46. The lowest BCUT2D eigenvalue weighted by Crippen LogP contribution is -2.12. The van der Waals surface area contributed by atoms with Gasteiger partial charge < -0.3 is 4.74 Å². The molecule has 2 aromatic rings. The zero-order valence-corrected chi connectivity index (χ0v) is 11.5. The molecule has 2 aromatic carbocycles. The van der Waals surface area contributed by atoms with Gasteiger partial charge in [0.05, 0.1) is 17.2 Å². The summed E-state index contributed by atoms with van der Waals surface area (Å²) < 4.78 is 47.7. The average molecular weight is 294 g/mol. The van der Waals surface area contributed by atoms with Crippen LogP contribution in [0.15, 0.2) is 30.3 Å². The first-order chi connectivity index (χ1) is 9.97. The van der Waals surface area contributed by atoms with Gasteiger partial charge in [-0.05, 0) is 19.4 Å². The van der Waals surface area contributed by atoms with E-state index in [1.165, 1.54) is 12.1 Å². The third-order valence-corrected chi connectivity index (χ3v) is 2.85. The van der Waals surface area contributed by atoms with Gasteiger partial charge in [-0.25, -0.2) is 13.2 Å². The van der Waals surface area contributed by atoms with Crippen LogP contribution >= 0.6 is 0 Å². The van der Waals surface area contributed by atoms with Crippen molar-refractivity contribution < 1.29 is 22.7 Å². The SMILES string of the molecule is CC(C)Oc1c(F)c(-c2ccccc2)c(F)c(F)c1C=O. The Morgan fingerprint density at radius 3 is 2.14 bits per heavy atom. The summed E-state index contributed by atoms with van der Waals surface area (Å²) in [5, 5.41) is 0. The maximum atomic E-state index is 14.5. The number of benzene rings is 2. The molecule has 110 valence electrons. The zero-order chi connectivity index (χ0) is 15.6. The van der Waals surface area contributed by atoms with Gasteiger partial charge in [0.15, 0.2) is 29.5 Å². The molecule has 0 N–H and O–H groups in total. The van der Waals surface area contributed by atoms with Gasteiger partial charge in [0.25, 0.3) is 0 Å². The van der Waals surface area contributed by atoms with Crippen molar-refractivity contribution >= 4 is 6.29 Å². The second-order valence-corrected chi connectivity index (χ2v) is 4.71. The number of aldehydes is 1. The molecule has 0 aliphatic carbocycles. The molecule has 0 aliphatic rings. The first kappa shape index (κ1) is 15.1. The molecule has 0 spiro atoms. The summed E-state index contributed by atoms with van der Waals surface area (Å²) in [7, 11) is 0. The van der Waals surface area contributed by atoms with Gasteiger partial charge in [0.1, 0.15) is 0 Å². The summed E-state index contributed by atoms with van der Waals surface area (Å²) in [6, 6.07) is 7.70. The summed E-state index contributed by atoms with van der Waals surface area (Å²) in [6.07, 6.45) is -0.444. The minimum absolute atomic E-state index is 0.0496. The summed E-state index contributed by atoms with van der Waals surface area (Å²) in [6.45, 7) is 3.19. The molecular weight excluding hydrogens is 281 g/mol. The maximum Gasteiger partial charge on any atom is 0.176 e. The van der Waals surface area contributed by atoms with Crippen molar-refractivity contribution in [2.24, 2.45) is 0 Å². The Balaban J connectivity index is 2.78. The molecule has 0 heterocycles. The predicted molar refractivity (Wildman–Crippen MR) is 72.9 cm³/mol. The lowest BCUT2D eigenvalue weighted by atomic mass is 10.0. The van der Waals surface area contributed by atoms with E-state index >= 15 is 0 Å². The van der Waals surface area contributed by atoms with Crippen molar-refractivity contribution in [2.75, 3.05) is 0 Å². The summed E-state index contributed by atoms with van der Waals surface area (Å²) in [4.78, 5) is 10.9. The Morgan fingerprint density at radius 2 is 1.62 bits per heavy atom. The number of ether oxygens (including phenoxy) is 1. The van der Waals surface area contributed by atoms with Crippen molar-refractivity contribution in [2.45, 2.75) is 20.0 Å². The molecule has 2 rings (SSSR count). The van der Waals surface area contributed by atoms with Crippen LogP contribution in [-0.4, -0.2) is 12.4 Å². The lowest BCUT2D eigenvalue weighted by Gasteiger charge is -2.16. The van der Waals surface area contributed by atoms with E-state index in [4.69, 9.17) is 4.74 Å². The molecule has 21 heavy (non-hydrogen) atoms. The Bertz CT molecular complexity index is 667. The van der Waals surface area contributed by atoms with Crippen LogP contribution in [0.25, 0.3) is 11.1 Å². The van der Waals surface area contributed by atoms with E-state index in [2.05, 4.69) is 0 Å². The molecule has 0 bridgehead atoms. The molecule has 0 aromatic heterocycles. The van der Waals surface area contributed by atoms with E-state index in [0.29, 0.717) is 0 Å². The standard InChI is InChI=1S/C16H13F3O2/c1-9(2)21-16-11(8-20)13(17)14(18)12(15(16)19)10-6-4-3-5-7-10/h3-9H,1-2H3. The van der Waals surface area contributed by atoms with Gasteiger partial charge >= 0.3 is 0 Å². The summed E-state index contributed by atoms with van der Waals surface area (Å²) in [5.41, 5.74) is -1.13. The Hall–Kier alpha value is -2.30. The third-order valence-electron chi connectivity index (χ3n) is 2.85. The summed E-state index contributed by atoms with van der Waals surface area (Å²) in [5.74, 6) is -4.48. The second-order valence-electron chi connectivity index (χ2n) is 4.71. The van der Waals surface area contributed by atoms with Crippen LogP contribution < -0.4 is 4.74 Å². The first-order valence-corrected chi connectivity index (χ1v) is 6.35. The van der Waals surface area contributed by atoms with Crippen LogP contribution in [-0.2, 0) is 0 Å². The number of hydrogen-bond acceptors (Lipinski definition) is 2. The van der Waals surface area contributed by atoms with Crippen LogP contribution in [0.1, 0.15) is 24.2 Å². The fourth-order valence-electron chi connectivity index (χ4n) is 1.97. The molecule has 0 atom stereocenters. The molecule has 0 saturated carbocycles. The Morgan fingerprint density at radius 1 is 1.00 bits per heavy atom. The number of halogens is 3. The van der Waals surface area contributed by atoms with Crippen LogP contribution in [0.3, 0.4) is 0 Å². The molecular formula is C16H13F3O2. The fourth-order valence-corrected chi connectivity index (χ4v) is 1.97. The first-order valence-electron chi connectivity index (χ1n) is 6.35. The van der Waals surface area contributed by atoms with Crippen LogP contribution in [0.5, 0.6) is 5.75 Å². The highest BCUT2D eigenvalue weighted by molar-refractivity contribution is 5.83. The van der Waals surface area contributed by atoms with E-state index in [0.717, 1.165) is 0 Å². The molecule has 0 unspecified atom stereocenters. The second kappa shape index (κ2) is 5.99. The molecule has 5 heteroatoms. The molecule has 0 radical (unpaired) electrons. The molecule has 0 aliphatic heterocycles. The monoisotopic (exact) mass is 294 g/mol. The highest BCUT2D eigenvalue weighted by atomic mass is 19.2. The third kappa shape index (κ3) is 2.77. The van der Waals surface area contributed by atoms with Gasteiger partial charge in [0, 0.05) is 0 Å². The highest BCUT2D eigenvalue weighted by Gasteiger charge is 2.27. The van der Waals surface area contributed by atoms with Crippen LogP contribution in [0.4, 0.5) is 13.2 Å². The van der Waals surface area contributed by atoms with Gasteiger partial charge in [-0.15, -0.1) is 0 Å². The molecule has 0 amide bonds. The highest BCUT2D eigenvalue weighted by Crippen LogP contribution is 2.36. The van der Waals surface area contributed by atoms with Crippen molar-refractivity contribution in [3.63, 3.8) is 0 Å². The van der Waals surface area contributed by atoms with Gasteiger partial charge in [0.2, 0.25) is 0 Å². The smallest absolute Gasteiger partial charge is 0.176 e. The Labute approximate surface area is 120 Å².